The Balaban J connectivity index is 1.88. The van der Waals surface area contributed by atoms with Crippen molar-refractivity contribution in [2.24, 2.45) is 0 Å². The van der Waals surface area contributed by atoms with Gasteiger partial charge >= 0.3 is 5.97 Å². The van der Waals surface area contributed by atoms with Crippen LogP contribution in [0, 0.1) is 0 Å². The SMILES string of the molecule is CCN1CCN(Cc2ccc(C(=O)O)cc2)CC1. The van der Waals surface area contributed by atoms with Gasteiger partial charge in [-0.15, -0.1) is 0 Å². The van der Waals surface area contributed by atoms with Gasteiger partial charge in [0.25, 0.3) is 0 Å². The molecule has 0 saturated carbocycles. The fraction of sp³-hybridized carbons (Fsp3) is 0.500. The minimum atomic E-state index is -0.863. The van der Waals surface area contributed by atoms with Crippen LogP contribution in [0.15, 0.2) is 24.3 Å². The Morgan fingerprint density at radius 2 is 1.67 bits per heavy atom. The molecule has 0 amide bonds. The van der Waals surface area contributed by atoms with E-state index in [9.17, 15) is 4.79 Å². The number of hydrogen-bond donors (Lipinski definition) is 1. The van der Waals surface area contributed by atoms with E-state index in [4.69, 9.17) is 5.11 Å². The Labute approximate surface area is 108 Å². The number of likely N-dealkylation sites (N-methyl/N-ethyl adjacent to an activating group) is 1. The molecule has 1 aliphatic rings. The lowest BCUT2D eigenvalue weighted by Crippen LogP contribution is -2.45. The highest BCUT2D eigenvalue weighted by atomic mass is 16.4. The van der Waals surface area contributed by atoms with Crippen LogP contribution in [0.2, 0.25) is 0 Å². The summed E-state index contributed by atoms with van der Waals surface area (Å²) < 4.78 is 0. The lowest BCUT2D eigenvalue weighted by Gasteiger charge is -2.34. The predicted molar refractivity (Wildman–Crippen MR) is 70.8 cm³/mol. The number of carboxylic acid groups (broad SMARTS) is 1. The van der Waals surface area contributed by atoms with Crippen molar-refractivity contribution < 1.29 is 9.90 Å². The zero-order valence-corrected chi connectivity index (χ0v) is 10.8. The zero-order chi connectivity index (χ0) is 13.0. The third kappa shape index (κ3) is 3.31. The monoisotopic (exact) mass is 248 g/mol. The van der Waals surface area contributed by atoms with Crippen LogP contribution in [0.1, 0.15) is 22.8 Å². The molecule has 0 unspecified atom stereocenters. The fourth-order valence-electron chi connectivity index (χ4n) is 2.27. The summed E-state index contributed by atoms with van der Waals surface area (Å²) in [5, 5.41) is 8.84. The highest BCUT2D eigenvalue weighted by Gasteiger charge is 2.15. The second-order valence-corrected chi connectivity index (χ2v) is 4.71. The van der Waals surface area contributed by atoms with Gasteiger partial charge < -0.3 is 10.0 Å². The lowest BCUT2D eigenvalue weighted by molar-refractivity contribution is 0.0697. The quantitative estimate of drug-likeness (QED) is 0.877. The molecule has 1 saturated heterocycles. The van der Waals surface area contributed by atoms with Gasteiger partial charge in [0.2, 0.25) is 0 Å². The molecular formula is C14H20N2O2. The van der Waals surface area contributed by atoms with Crippen molar-refractivity contribution in [1.82, 2.24) is 9.80 Å². The molecule has 0 bridgehead atoms. The highest BCUT2D eigenvalue weighted by Crippen LogP contribution is 2.10. The first-order valence-corrected chi connectivity index (χ1v) is 6.46. The van der Waals surface area contributed by atoms with Gasteiger partial charge in [-0.2, -0.15) is 0 Å². The second kappa shape index (κ2) is 5.98. The molecule has 4 heteroatoms. The van der Waals surface area contributed by atoms with Crippen molar-refractivity contribution in [3.8, 4) is 0 Å². The van der Waals surface area contributed by atoms with Crippen LogP contribution in [0.25, 0.3) is 0 Å². The molecule has 18 heavy (non-hydrogen) atoms. The van der Waals surface area contributed by atoms with E-state index in [1.165, 1.54) is 5.56 Å². The van der Waals surface area contributed by atoms with E-state index in [1.54, 1.807) is 12.1 Å². The van der Waals surface area contributed by atoms with Gasteiger partial charge in [0.05, 0.1) is 5.56 Å². The van der Waals surface area contributed by atoms with Crippen molar-refractivity contribution in [2.75, 3.05) is 32.7 Å². The van der Waals surface area contributed by atoms with E-state index in [1.807, 2.05) is 12.1 Å². The minimum Gasteiger partial charge on any atom is -0.478 e. The first-order valence-electron chi connectivity index (χ1n) is 6.46. The summed E-state index contributed by atoms with van der Waals surface area (Å²) in [5.74, 6) is -0.863. The predicted octanol–water partition coefficient (Wildman–Crippen LogP) is 1.52. The maximum Gasteiger partial charge on any atom is 0.335 e. The average molecular weight is 248 g/mol. The standard InChI is InChI=1S/C14H20N2O2/c1-2-15-7-9-16(10-8-15)11-12-3-5-13(6-4-12)14(17)18/h3-6H,2,7-11H2,1H3,(H,17,18). The Kier molecular flexibility index (Phi) is 4.33. The Hall–Kier alpha value is -1.39. The van der Waals surface area contributed by atoms with Gasteiger partial charge in [0, 0.05) is 32.7 Å². The zero-order valence-electron chi connectivity index (χ0n) is 10.8. The van der Waals surface area contributed by atoms with Gasteiger partial charge in [0.1, 0.15) is 0 Å². The maximum absolute atomic E-state index is 10.8. The number of piperazine rings is 1. The molecule has 0 spiro atoms. The number of carboxylic acids is 1. The average Bonchev–Trinajstić information content (AvgIpc) is 2.40. The number of nitrogens with zero attached hydrogens (tertiary/aromatic N) is 2. The molecule has 2 rings (SSSR count). The summed E-state index contributed by atoms with van der Waals surface area (Å²) in [7, 11) is 0. The van der Waals surface area contributed by atoms with E-state index in [-0.39, 0.29) is 0 Å². The molecule has 1 N–H and O–H groups in total. The molecule has 0 radical (unpaired) electrons. The van der Waals surface area contributed by atoms with E-state index < -0.39 is 5.97 Å². The summed E-state index contributed by atoms with van der Waals surface area (Å²) in [5.41, 5.74) is 1.54. The molecule has 1 aliphatic heterocycles. The van der Waals surface area contributed by atoms with Gasteiger partial charge in [-0.25, -0.2) is 4.79 Å². The molecule has 1 heterocycles. The van der Waals surface area contributed by atoms with Crippen LogP contribution >= 0.6 is 0 Å². The van der Waals surface area contributed by atoms with Crippen molar-refractivity contribution >= 4 is 5.97 Å². The van der Waals surface area contributed by atoms with Crippen LogP contribution in [0.3, 0.4) is 0 Å². The third-order valence-electron chi connectivity index (χ3n) is 3.52. The summed E-state index contributed by atoms with van der Waals surface area (Å²) in [4.78, 5) is 15.6. The fourth-order valence-corrected chi connectivity index (χ4v) is 2.27. The molecule has 0 aliphatic carbocycles. The largest absolute Gasteiger partial charge is 0.478 e. The Morgan fingerprint density at radius 3 is 2.17 bits per heavy atom. The molecule has 98 valence electrons. The van der Waals surface area contributed by atoms with Gasteiger partial charge in [-0.1, -0.05) is 19.1 Å². The highest BCUT2D eigenvalue weighted by molar-refractivity contribution is 5.87. The van der Waals surface area contributed by atoms with Gasteiger partial charge in [-0.05, 0) is 24.2 Å². The Morgan fingerprint density at radius 1 is 1.11 bits per heavy atom. The smallest absolute Gasteiger partial charge is 0.335 e. The molecule has 1 aromatic rings. The van der Waals surface area contributed by atoms with E-state index >= 15 is 0 Å². The lowest BCUT2D eigenvalue weighted by atomic mass is 10.1. The normalized spacial score (nSPS) is 17.8. The number of carbonyl (C=O) groups is 1. The summed E-state index contributed by atoms with van der Waals surface area (Å²) in [6.07, 6.45) is 0. The third-order valence-corrected chi connectivity index (χ3v) is 3.52. The summed E-state index contributed by atoms with van der Waals surface area (Å²) in [6, 6.07) is 7.19. The molecule has 0 aromatic heterocycles. The van der Waals surface area contributed by atoms with Crippen LogP contribution in [-0.2, 0) is 6.54 Å². The van der Waals surface area contributed by atoms with Crippen molar-refractivity contribution in [1.29, 1.82) is 0 Å². The first kappa shape index (κ1) is 13.1. The van der Waals surface area contributed by atoms with Crippen molar-refractivity contribution in [3.05, 3.63) is 35.4 Å². The van der Waals surface area contributed by atoms with Crippen molar-refractivity contribution in [2.45, 2.75) is 13.5 Å². The van der Waals surface area contributed by atoms with Gasteiger partial charge in [-0.3, -0.25) is 4.90 Å². The molecule has 4 nitrogen and oxygen atoms in total. The van der Waals surface area contributed by atoms with Gasteiger partial charge in [0.15, 0.2) is 0 Å². The molecule has 0 atom stereocenters. The van der Waals surface area contributed by atoms with E-state index in [0.717, 1.165) is 39.3 Å². The topological polar surface area (TPSA) is 43.8 Å². The number of rotatable bonds is 4. The molecule has 1 aromatic carbocycles. The van der Waals surface area contributed by atoms with Crippen LogP contribution in [0.5, 0.6) is 0 Å². The first-order chi connectivity index (χ1) is 8.69. The van der Waals surface area contributed by atoms with E-state index in [0.29, 0.717) is 5.56 Å². The van der Waals surface area contributed by atoms with E-state index in [2.05, 4.69) is 16.7 Å². The number of aromatic carboxylic acids is 1. The van der Waals surface area contributed by atoms with Crippen molar-refractivity contribution in [3.63, 3.8) is 0 Å². The minimum absolute atomic E-state index is 0.356. The summed E-state index contributed by atoms with van der Waals surface area (Å²) >= 11 is 0. The Bertz CT molecular complexity index is 395. The van der Waals surface area contributed by atoms with Crippen LogP contribution in [0.4, 0.5) is 0 Å². The number of hydrogen-bond acceptors (Lipinski definition) is 3. The molecule has 1 fully saturated rings. The van der Waals surface area contributed by atoms with Crippen LogP contribution in [-0.4, -0.2) is 53.6 Å². The maximum atomic E-state index is 10.8. The molecular weight excluding hydrogens is 228 g/mol. The van der Waals surface area contributed by atoms with Crippen LogP contribution < -0.4 is 0 Å². The summed E-state index contributed by atoms with van der Waals surface area (Å²) in [6.45, 7) is 8.68. The number of benzene rings is 1. The second-order valence-electron chi connectivity index (χ2n) is 4.71.